The molecule has 0 bridgehead atoms. The Kier molecular flexibility index (Phi) is 4.07. The first-order valence-corrected chi connectivity index (χ1v) is 7.01. The van der Waals surface area contributed by atoms with Crippen molar-refractivity contribution >= 4 is 0 Å². The molecule has 18 heavy (non-hydrogen) atoms. The Morgan fingerprint density at radius 1 is 1.39 bits per heavy atom. The predicted molar refractivity (Wildman–Crippen MR) is 74.1 cm³/mol. The van der Waals surface area contributed by atoms with Crippen LogP contribution in [0, 0.1) is 11.8 Å². The van der Waals surface area contributed by atoms with E-state index in [-0.39, 0.29) is 6.04 Å². The number of likely N-dealkylation sites (tertiary alicyclic amines) is 1. The molecule has 4 atom stereocenters. The van der Waals surface area contributed by atoms with Crippen LogP contribution in [0.25, 0.3) is 0 Å². The lowest BCUT2D eigenvalue weighted by Crippen LogP contribution is -2.39. The predicted octanol–water partition coefficient (Wildman–Crippen LogP) is 1.79. The smallest absolute Gasteiger partial charge is 0.0538 e. The summed E-state index contributed by atoms with van der Waals surface area (Å²) in [5.41, 5.74) is 7.61. The van der Waals surface area contributed by atoms with Gasteiger partial charge in [0.25, 0.3) is 0 Å². The Labute approximate surface area is 110 Å². The Balaban J connectivity index is 2.21. The molecule has 0 spiro atoms. The Hall–Kier alpha value is -0.870. The lowest BCUT2D eigenvalue weighted by atomic mass is 9.99. The maximum Gasteiger partial charge on any atom is 0.0538 e. The molecule has 1 aromatic rings. The van der Waals surface area contributed by atoms with E-state index in [2.05, 4.69) is 37.0 Å². The monoisotopic (exact) mass is 250 g/mol. The number of nitrogens with zero attached hydrogens (tertiary/aromatic N) is 3. The Bertz CT molecular complexity index is 377. The second kappa shape index (κ2) is 5.41. The fourth-order valence-corrected chi connectivity index (χ4v) is 2.95. The molecule has 1 fully saturated rings. The van der Waals surface area contributed by atoms with Gasteiger partial charge in [0.05, 0.1) is 12.2 Å². The van der Waals surface area contributed by atoms with Gasteiger partial charge in [0.2, 0.25) is 0 Å². The average Bonchev–Trinajstić information content (AvgIpc) is 2.87. The molecule has 4 nitrogen and oxygen atoms in total. The summed E-state index contributed by atoms with van der Waals surface area (Å²) in [6, 6.07) is 0.503. The van der Waals surface area contributed by atoms with Gasteiger partial charge >= 0.3 is 0 Å². The second-order valence-electron chi connectivity index (χ2n) is 5.87. The molecule has 2 rings (SSSR count). The zero-order valence-electron chi connectivity index (χ0n) is 12.0. The molecule has 0 aliphatic carbocycles. The molecule has 102 valence electrons. The van der Waals surface area contributed by atoms with E-state index in [9.17, 15) is 0 Å². The van der Waals surface area contributed by atoms with Crippen molar-refractivity contribution in [3.8, 4) is 0 Å². The van der Waals surface area contributed by atoms with Crippen LogP contribution < -0.4 is 5.73 Å². The van der Waals surface area contributed by atoms with Crippen LogP contribution in [-0.2, 0) is 7.05 Å². The molecule has 1 aliphatic rings. The molecule has 1 saturated heterocycles. The lowest BCUT2D eigenvalue weighted by Gasteiger charge is -2.31. The zero-order chi connectivity index (χ0) is 13.3. The molecule has 2 heterocycles. The molecule has 1 aliphatic heterocycles. The van der Waals surface area contributed by atoms with Gasteiger partial charge in [-0.15, -0.1) is 0 Å². The first-order valence-electron chi connectivity index (χ1n) is 7.01. The van der Waals surface area contributed by atoms with Crippen LogP contribution in [0.4, 0.5) is 0 Å². The summed E-state index contributed by atoms with van der Waals surface area (Å²) in [7, 11) is 1.97. The molecule has 4 heteroatoms. The molecule has 0 radical (unpaired) electrons. The van der Waals surface area contributed by atoms with Crippen molar-refractivity contribution in [1.82, 2.24) is 14.7 Å². The van der Waals surface area contributed by atoms with Gasteiger partial charge in [0, 0.05) is 37.9 Å². The van der Waals surface area contributed by atoms with Gasteiger partial charge < -0.3 is 5.73 Å². The second-order valence-corrected chi connectivity index (χ2v) is 5.87. The first kappa shape index (κ1) is 13.6. The fraction of sp³-hybridized carbons (Fsp3) is 0.786. The summed E-state index contributed by atoms with van der Waals surface area (Å²) in [5, 5.41) is 4.30. The van der Waals surface area contributed by atoms with Gasteiger partial charge in [0.1, 0.15) is 0 Å². The van der Waals surface area contributed by atoms with Crippen molar-refractivity contribution in [2.75, 3.05) is 13.1 Å². The van der Waals surface area contributed by atoms with Crippen molar-refractivity contribution in [2.24, 2.45) is 24.6 Å². The molecule has 4 unspecified atom stereocenters. The highest BCUT2D eigenvalue weighted by atomic mass is 15.3. The third-order valence-corrected chi connectivity index (χ3v) is 4.35. The highest BCUT2D eigenvalue weighted by Gasteiger charge is 2.34. The molecular weight excluding hydrogens is 224 g/mol. The number of aryl methyl sites for hydroxylation is 1. The van der Waals surface area contributed by atoms with Gasteiger partial charge in [0.15, 0.2) is 0 Å². The minimum atomic E-state index is 0.187. The van der Waals surface area contributed by atoms with Crippen molar-refractivity contribution < 1.29 is 0 Å². The summed E-state index contributed by atoms with van der Waals surface area (Å²) in [4.78, 5) is 2.54. The zero-order valence-corrected chi connectivity index (χ0v) is 12.0. The summed E-state index contributed by atoms with van der Waals surface area (Å²) in [6.45, 7) is 9.13. The highest BCUT2D eigenvalue weighted by Crippen LogP contribution is 2.32. The summed E-state index contributed by atoms with van der Waals surface area (Å²) >= 11 is 0. The van der Waals surface area contributed by atoms with Crippen LogP contribution in [0.3, 0.4) is 0 Å². The number of rotatable bonds is 4. The SMILES string of the molecule is CCC(N)C(c1cnn(C)c1)N1CC(C)C(C)C1. The van der Waals surface area contributed by atoms with E-state index in [1.165, 1.54) is 5.56 Å². The summed E-state index contributed by atoms with van der Waals surface area (Å²) < 4.78 is 1.87. The van der Waals surface area contributed by atoms with Gasteiger partial charge in [-0.05, 0) is 18.3 Å². The van der Waals surface area contributed by atoms with Gasteiger partial charge in [-0.3, -0.25) is 9.58 Å². The molecule has 1 aromatic heterocycles. The van der Waals surface area contributed by atoms with E-state index in [4.69, 9.17) is 5.73 Å². The van der Waals surface area contributed by atoms with E-state index in [0.29, 0.717) is 6.04 Å². The van der Waals surface area contributed by atoms with E-state index >= 15 is 0 Å². The molecule has 0 aromatic carbocycles. The van der Waals surface area contributed by atoms with E-state index in [0.717, 1.165) is 31.3 Å². The Morgan fingerprint density at radius 2 is 2.00 bits per heavy atom. The average molecular weight is 250 g/mol. The minimum Gasteiger partial charge on any atom is -0.326 e. The van der Waals surface area contributed by atoms with E-state index < -0.39 is 0 Å². The van der Waals surface area contributed by atoms with Gasteiger partial charge in [-0.25, -0.2) is 0 Å². The minimum absolute atomic E-state index is 0.187. The third-order valence-electron chi connectivity index (χ3n) is 4.35. The van der Waals surface area contributed by atoms with Crippen molar-refractivity contribution in [3.63, 3.8) is 0 Å². The molecule has 2 N–H and O–H groups in total. The summed E-state index contributed by atoms with van der Waals surface area (Å²) in [5.74, 6) is 1.52. The van der Waals surface area contributed by atoms with Gasteiger partial charge in [-0.2, -0.15) is 5.10 Å². The maximum absolute atomic E-state index is 6.35. The van der Waals surface area contributed by atoms with Crippen LogP contribution in [0.5, 0.6) is 0 Å². The number of hydrogen-bond acceptors (Lipinski definition) is 3. The lowest BCUT2D eigenvalue weighted by molar-refractivity contribution is 0.200. The van der Waals surface area contributed by atoms with E-state index in [1.807, 2.05) is 17.9 Å². The normalized spacial score (nSPS) is 28.5. The Morgan fingerprint density at radius 3 is 2.44 bits per heavy atom. The van der Waals surface area contributed by atoms with Crippen LogP contribution in [0.2, 0.25) is 0 Å². The number of nitrogens with two attached hydrogens (primary N) is 1. The largest absolute Gasteiger partial charge is 0.326 e. The molecule has 0 saturated carbocycles. The molecule has 0 amide bonds. The quantitative estimate of drug-likeness (QED) is 0.886. The number of hydrogen-bond donors (Lipinski definition) is 1. The third kappa shape index (κ3) is 2.59. The van der Waals surface area contributed by atoms with Crippen LogP contribution in [0.15, 0.2) is 12.4 Å². The van der Waals surface area contributed by atoms with Crippen molar-refractivity contribution in [1.29, 1.82) is 0 Å². The standard InChI is InChI=1S/C14H26N4/c1-5-13(15)14(12-6-16-17(4)9-12)18-7-10(2)11(3)8-18/h6,9-11,13-14H,5,7-8,15H2,1-4H3. The summed E-state index contributed by atoms with van der Waals surface area (Å²) in [6.07, 6.45) is 5.07. The first-order chi connectivity index (χ1) is 8.52. The highest BCUT2D eigenvalue weighted by molar-refractivity contribution is 5.14. The molecular formula is C14H26N4. The van der Waals surface area contributed by atoms with Crippen molar-refractivity contribution in [2.45, 2.75) is 39.3 Å². The van der Waals surface area contributed by atoms with Crippen LogP contribution in [0.1, 0.15) is 38.8 Å². The van der Waals surface area contributed by atoms with Gasteiger partial charge in [-0.1, -0.05) is 20.8 Å². The van der Waals surface area contributed by atoms with Crippen LogP contribution >= 0.6 is 0 Å². The van der Waals surface area contributed by atoms with E-state index in [1.54, 1.807) is 0 Å². The number of aromatic nitrogens is 2. The van der Waals surface area contributed by atoms with Crippen molar-refractivity contribution in [3.05, 3.63) is 18.0 Å². The topological polar surface area (TPSA) is 47.1 Å². The fourth-order valence-electron chi connectivity index (χ4n) is 2.95. The van der Waals surface area contributed by atoms with Crippen LogP contribution in [-0.4, -0.2) is 33.8 Å². The maximum atomic E-state index is 6.35.